The van der Waals surface area contributed by atoms with Crippen LogP contribution in [-0.4, -0.2) is 51.3 Å². The highest BCUT2D eigenvalue weighted by Crippen LogP contribution is 2.57. The predicted octanol–water partition coefficient (Wildman–Crippen LogP) is 7.04. The molecule has 3 aromatic rings. The number of nitrogens with zero attached hydrogens (tertiary/aromatic N) is 2. The number of halogens is 1. The molecular weight excluding hydrogens is 584 g/mol. The minimum absolute atomic E-state index is 0.0493. The SMILES string of the molecule is Cc1cccc(C[C@H]2CCCCC/C=C\[C@H]3C[C@@]3(C(=O)O)CC(=O)[C@@H]3C[C@@H](Oc4nc5ccc(Cl)cc5s4)CN3C2=O)c1. The molecule has 0 bridgehead atoms. The number of amides is 1. The van der Waals surface area contributed by atoms with Crippen molar-refractivity contribution in [2.24, 2.45) is 17.3 Å². The number of carboxylic acid groups (broad SMARTS) is 1. The van der Waals surface area contributed by atoms with Crippen LogP contribution in [0.3, 0.4) is 0 Å². The third-order valence-electron chi connectivity index (χ3n) is 9.27. The van der Waals surface area contributed by atoms with Crippen molar-refractivity contribution < 1.29 is 24.2 Å². The van der Waals surface area contributed by atoms with Crippen LogP contribution < -0.4 is 4.74 Å². The highest BCUT2D eigenvalue weighted by molar-refractivity contribution is 7.20. The van der Waals surface area contributed by atoms with Crippen molar-refractivity contribution in [3.8, 4) is 5.19 Å². The van der Waals surface area contributed by atoms with E-state index in [1.807, 2.05) is 37.3 Å². The summed E-state index contributed by atoms with van der Waals surface area (Å²) in [7, 11) is 0. The average Bonchev–Trinajstić information content (AvgIpc) is 3.29. The van der Waals surface area contributed by atoms with Crippen molar-refractivity contribution >= 4 is 50.8 Å². The molecule has 2 aromatic carbocycles. The van der Waals surface area contributed by atoms with Crippen LogP contribution >= 0.6 is 22.9 Å². The lowest BCUT2D eigenvalue weighted by Crippen LogP contribution is -2.45. The standard InChI is InChI=1S/C34H37ClN2O5S/c1-21-8-7-9-22(14-21)15-23-10-5-3-2-4-6-11-24-18-34(24,32(40)41)19-29(38)28-17-26(20-37(28)31(23)39)42-33-36-27-13-12-25(35)16-30(27)43-33/h6-9,11-14,16,23-24,26,28H,2-5,10,15,17-20H2,1H3,(H,40,41)/b11-6-/t23-,24+,26-,28+,34-/m1/s1. The number of hydrogen-bond acceptors (Lipinski definition) is 6. The number of allylic oxidation sites excluding steroid dienone is 2. The second-order valence-corrected chi connectivity index (χ2v) is 13.9. The van der Waals surface area contributed by atoms with Gasteiger partial charge >= 0.3 is 5.97 Å². The Bertz CT molecular complexity index is 1570. The first-order valence-electron chi connectivity index (χ1n) is 15.2. The first-order valence-corrected chi connectivity index (χ1v) is 16.4. The molecule has 0 unspecified atom stereocenters. The number of aliphatic carboxylic acids is 1. The smallest absolute Gasteiger partial charge is 0.310 e. The molecule has 0 spiro atoms. The van der Waals surface area contributed by atoms with Crippen LogP contribution in [0.2, 0.25) is 5.02 Å². The van der Waals surface area contributed by atoms with Gasteiger partial charge in [-0.15, -0.1) is 0 Å². The highest BCUT2D eigenvalue weighted by atomic mass is 35.5. The molecule has 1 amide bonds. The summed E-state index contributed by atoms with van der Waals surface area (Å²) in [6.45, 7) is 2.31. The summed E-state index contributed by atoms with van der Waals surface area (Å²) >= 11 is 7.55. The molecule has 7 nitrogen and oxygen atoms in total. The lowest BCUT2D eigenvalue weighted by Gasteiger charge is -2.29. The largest absolute Gasteiger partial charge is 0.481 e. The van der Waals surface area contributed by atoms with Crippen LogP contribution in [0.1, 0.15) is 62.5 Å². The van der Waals surface area contributed by atoms with Crippen LogP contribution in [0.25, 0.3) is 10.2 Å². The van der Waals surface area contributed by atoms with Gasteiger partial charge in [0.05, 0.1) is 28.2 Å². The van der Waals surface area contributed by atoms with Crippen LogP contribution in [-0.2, 0) is 20.8 Å². The van der Waals surface area contributed by atoms with Gasteiger partial charge in [-0.1, -0.05) is 77.8 Å². The summed E-state index contributed by atoms with van der Waals surface area (Å²) in [4.78, 5) is 47.0. The lowest BCUT2D eigenvalue weighted by molar-refractivity contribution is -0.147. The maximum Gasteiger partial charge on any atom is 0.310 e. The van der Waals surface area contributed by atoms with Gasteiger partial charge in [0.1, 0.15) is 6.10 Å². The summed E-state index contributed by atoms with van der Waals surface area (Å²) in [6.07, 6.45) is 9.43. The van der Waals surface area contributed by atoms with E-state index in [1.165, 1.54) is 11.3 Å². The van der Waals surface area contributed by atoms with Gasteiger partial charge in [-0.05, 0) is 68.7 Å². The molecule has 43 heavy (non-hydrogen) atoms. The molecule has 2 fully saturated rings. The topological polar surface area (TPSA) is 96.8 Å². The van der Waals surface area contributed by atoms with Crippen LogP contribution in [0.4, 0.5) is 0 Å². The number of carbonyl (C=O) groups excluding carboxylic acids is 2. The van der Waals surface area contributed by atoms with Crippen molar-refractivity contribution in [2.45, 2.75) is 76.9 Å². The van der Waals surface area contributed by atoms with Crippen molar-refractivity contribution in [1.82, 2.24) is 9.88 Å². The van der Waals surface area contributed by atoms with Crippen LogP contribution in [0, 0.1) is 24.2 Å². The number of benzene rings is 2. The zero-order chi connectivity index (χ0) is 30.1. The van der Waals surface area contributed by atoms with E-state index in [2.05, 4.69) is 23.2 Å². The van der Waals surface area contributed by atoms with Crippen LogP contribution in [0.15, 0.2) is 54.6 Å². The first kappa shape index (κ1) is 29.8. The normalized spacial score (nSPS) is 28.9. The Balaban J connectivity index is 1.29. The number of fused-ring (bicyclic) bond motifs is 3. The van der Waals surface area contributed by atoms with E-state index in [-0.39, 0.29) is 36.5 Å². The third kappa shape index (κ3) is 6.50. The Morgan fingerprint density at radius 3 is 2.86 bits per heavy atom. The number of carbonyl (C=O) groups is 3. The molecule has 1 N–H and O–H groups in total. The summed E-state index contributed by atoms with van der Waals surface area (Å²) < 4.78 is 7.21. The number of ether oxygens (including phenoxy) is 1. The molecule has 226 valence electrons. The Hall–Kier alpha value is -3.23. The maximum atomic E-state index is 14.3. The van der Waals surface area contributed by atoms with Gasteiger partial charge in [0.2, 0.25) is 5.91 Å². The zero-order valence-electron chi connectivity index (χ0n) is 24.3. The number of Topliss-reactive ketones (excluding diaryl/α,β-unsaturated/α-hetero) is 1. The molecule has 2 aliphatic heterocycles. The number of carboxylic acids is 1. The fourth-order valence-corrected chi connectivity index (χ4v) is 7.96. The molecule has 0 radical (unpaired) electrons. The van der Waals surface area contributed by atoms with E-state index in [9.17, 15) is 19.5 Å². The second kappa shape index (κ2) is 12.4. The molecule has 9 heteroatoms. The molecule has 3 heterocycles. The fraction of sp³-hybridized carbons (Fsp3) is 0.471. The van der Waals surface area contributed by atoms with Gasteiger partial charge in [-0.25, -0.2) is 4.98 Å². The number of hydrogen-bond donors (Lipinski definition) is 1. The van der Waals surface area contributed by atoms with E-state index in [0.29, 0.717) is 29.5 Å². The Morgan fingerprint density at radius 1 is 1.19 bits per heavy atom. The number of aryl methyl sites for hydroxylation is 1. The summed E-state index contributed by atoms with van der Waals surface area (Å²) in [5, 5.41) is 11.2. The van der Waals surface area contributed by atoms with E-state index < -0.39 is 23.5 Å². The molecule has 1 saturated heterocycles. The summed E-state index contributed by atoms with van der Waals surface area (Å²) in [6, 6.07) is 13.0. The lowest BCUT2D eigenvalue weighted by atomic mass is 9.90. The minimum atomic E-state index is -1.09. The van der Waals surface area contributed by atoms with Gasteiger partial charge in [0.15, 0.2) is 5.78 Å². The molecule has 1 aliphatic carbocycles. The quantitative estimate of drug-likeness (QED) is 0.308. The number of aromatic nitrogens is 1. The van der Waals surface area contributed by atoms with Gasteiger partial charge < -0.3 is 14.7 Å². The van der Waals surface area contributed by atoms with Crippen molar-refractivity contribution in [3.63, 3.8) is 0 Å². The summed E-state index contributed by atoms with van der Waals surface area (Å²) in [5.74, 6) is -1.61. The maximum absolute atomic E-state index is 14.3. The Labute approximate surface area is 260 Å². The van der Waals surface area contributed by atoms with Crippen molar-refractivity contribution in [1.29, 1.82) is 0 Å². The predicted molar refractivity (Wildman–Crippen MR) is 168 cm³/mol. The highest BCUT2D eigenvalue weighted by Gasteiger charge is 2.61. The Morgan fingerprint density at radius 2 is 2.05 bits per heavy atom. The number of thiazole rings is 1. The van der Waals surface area contributed by atoms with E-state index in [1.54, 1.807) is 11.0 Å². The van der Waals surface area contributed by atoms with Crippen molar-refractivity contribution in [3.05, 3.63) is 70.8 Å². The number of ketones is 1. The fourth-order valence-electron chi connectivity index (χ4n) is 6.80. The van der Waals surface area contributed by atoms with E-state index in [0.717, 1.165) is 53.4 Å². The monoisotopic (exact) mass is 620 g/mol. The molecule has 5 atom stereocenters. The van der Waals surface area contributed by atoms with E-state index in [4.69, 9.17) is 16.3 Å². The molecular formula is C34H37ClN2O5S. The Kier molecular flexibility index (Phi) is 8.60. The van der Waals surface area contributed by atoms with Crippen LogP contribution in [0.5, 0.6) is 5.19 Å². The molecule has 1 saturated carbocycles. The zero-order valence-corrected chi connectivity index (χ0v) is 25.9. The molecule has 1 aromatic heterocycles. The van der Waals surface area contributed by atoms with E-state index >= 15 is 0 Å². The molecule has 6 rings (SSSR count). The van der Waals surface area contributed by atoms with Gasteiger partial charge in [-0.2, -0.15) is 0 Å². The average molecular weight is 621 g/mol. The summed E-state index contributed by atoms with van der Waals surface area (Å²) in [5.41, 5.74) is 1.94. The second-order valence-electron chi connectivity index (χ2n) is 12.4. The number of rotatable bonds is 5. The third-order valence-corrected chi connectivity index (χ3v) is 10.4. The first-order chi connectivity index (χ1) is 20.7. The minimum Gasteiger partial charge on any atom is -0.481 e. The van der Waals surface area contributed by atoms with Crippen molar-refractivity contribution in [2.75, 3.05) is 6.54 Å². The van der Waals surface area contributed by atoms with Gasteiger partial charge in [0, 0.05) is 23.8 Å². The van der Waals surface area contributed by atoms with Gasteiger partial charge in [0.25, 0.3) is 5.19 Å². The van der Waals surface area contributed by atoms with Gasteiger partial charge in [-0.3, -0.25) is 14.4 Å². The molecule has 3 aliphatic rings.